The average molecular weight is 240 g/mol. The number of carbonyl (C=O) groups is 1. The van der Waals surface area contributed by atoms with Gasteiger partial charge in [0, 0.05) is 11.1 Å². The number of benzene rings is 2. The maximum Gasteiger partial charge on any atom is 0.515 e. The fourth-order valence-electron chi connectivity index (χ4n) is 2.25. The van der Waals surface area contributed by atoms with E-state index in [1.54, 1.807) is 6.07 Å². The number of hydrogen-bond acceptors (Lipinski definition) is 3. The van der Waals surface area contributed by atoms with Crippen LogP contribution >= 0.6 is 0 Å². The summed E-state index contributed by atoms with van der Waals surface area (Å²) in [4.78, 5) is 11.6. The molecule has 0 saturated carbocycles. The van der Waals surface area contributed by atoms with Crippen molar-refractivity contribution in [2.75, 3.05) is 0 Å². The maximum absolute atomic E-state index is 11.6. The fourth-order valence-corrected chi connectivity index (χ4v) is 2.25. The van der Waals surface area contributed by atoms with E-state index in [9.17, 15) is 4.79 Å². The molecule has 0 N–H and O–H groups in total. The highest BCUT2D eigenvalue weighted by molar-refractivity contribution is 5.69. The molecule has 1 unspecified atom stereocenters. The van der Waals surface area contributed by atoms with Crippen molar-refractivity contribution in [3.63, 3.8) is 0 Å². The minimum atomic E-state index is -0.798. The second-order valence-electron chi connectivity index (χ2n) is 4.35. The number of para-hydroxylation sites is 1. The summed E-state index contributed by atoms with van der Waals surface area (Å²) in [5.74, 6) is 0.556. The van der Waals surface area contributed by atoms with E-state index in [1.165, 1.54) is 0 Å². The largest absolute Gasteiger partial charge is 0.515 e. The first-order chi connectivity index (χ1) is 8.70. The zero-order valence-corrected chi connectivity index (χ0v) is 9.92. The van der Waals surface area contributed by atoms with Crippen LogP contribution < -0.4 is 4.74 Å². The predicted octanol–water partition coefficient (Wildman–Crippen LogP) is 3.48. The molecular weight excluding hydrogens is 228 g/mol. The lowest BCUT2D eigenvalue weighted by molar-refractivity contribution is 0.00232. The highest BCUT2D eigenvalue weighted by Gasteiger charge is 2.40. The zero-order chi connectivity index (χ0) is 12.6. The van der Waals surface area contributed by atoms with Gasteiger partial charge in [-0.2, -0.15) is 0 Å². The molecule has 0 spiro atoms. The molecule has 1 aliphatic heterocycles. The van der Waals surface area contributed by atoms with Crippen LogP contribution in [-0.4, -0.2) is 6.16 Å². The average Bonchev–Trinajstić information content (AvgIpc) is 2.39. The molecule has 3 nitrogen and oxygen atoms in total. The smallest absolute Gasteiger partial charge is 0.418 e. The minimum Gasteiger partial charge on any atom is -0.418 e. The zero-order valence-electron chi connectivity index (χ0n) is 9.92. The summed E-state index contributed by atoms with van der Waals surface area (Å²) in [5, 5.41) is 0. The van der Waals surface area contributed by atoms with Gasteiger partial charge in [0.1, 0.15) is 5.75 Å². The summed E-state index contributed by atoms with van der Waals surface area (Å²) in [6, 6.07) is 17.1. The van der Waals surface area contributed by atoms with Gasteiger partial charge < -0.3 is 9.47 Å². The van der Waals surface area contributed by atoms with Gasteiger partial charge in [-0.1, -0.05) is 48.5 Å². The predicted molar refractivity (Wildman–Crippen MR) is 66.4 cm³/mol. The molecule has 0 radical (unpaired) electrons. The number of cyclic esters (lactones) is 1. The van der Waals surface area contributed by atoms with Crippen LogP contribution in [0, 0.1) is 0 Å². The van der Waals surface area contributed by atoms with Crippen molar-refractivity contribution < 1.29 is 14.3 Å². The third kappa shape index (κ3) is 1.56. The number of hydrogen-bond donors (Lipinski definition) is 0. The van der Waals surface area contributed by atoms with E-state index in [2.05, 4.69) is 0 Å². The van der Waals surface area contributed by atoms with Crippen molar-refractivity contribution in [2.45, 2.75) is 12.5 Å². The van der Waals surface area contributed by atoms with E-state index >= 15 is 0 Å². The summed E-state index contributed by atoms with van der Waals surface area (Å²) >= 11 is 0. The first kappa shape index (κ1) is 10.8. The van der Waals surface area contributed by atoms with Crippen LogP contribution in [0.5, 0.6) is 5.75 Å². The Labute approximate surface area is 105 Å². The molecule has 0 saturated heterocycles. The standard InChI is InChI=1S/C15H12O3/c1-15(11-7-3-2-4-8-11)12-9-5-6-10-13(12)17-14(16)18-15/h2-10H,1H3. The molecule has 1 aliphatic rings. The van der Waals surface area contributed by atoms with Crippen molar-refractivity contribution >= 4 is 6.16 Å². The quantitative estimate of drug-likeness (QED) is 0.565. The monoisotopic (exact) mass is 240 g/mol. The molecular formula is C15H12O3. The van der Waals surface area contributed by atoms with Gasteiger partial charge in [-0.3, -0.25) is 0 Å². The van der Waals surface area contributed by atoms with Gasteiger partial charge in [0.15, 0.2) is 5.60 Å². The lowest BCUT2D eigenvalue weighted by Gasteiger charge is -2.34. The van der Waals surface area contributed by atoms with Crippen LogP contribution in [0.4, 0.5) is 4.79 Å². The van der Waals surface area contributed by atoms with Gasteiger partial charge in [0.25, 0.3) is 0 Å². The molecule has 3 rings (SSSR count). The summed E-state index contributed by atoms with van der Waals surface area (Å²) in [5.41, 5.74) is 0.984. The molecule has 0 aliphatic carbocycles. The van der Waals surface area contributed by atoms with E-state index in [0.29, 0.717) is 5.75 Å². The molecule has 1 atom stereocenters. The molecule has 3 heteroatoms. The van der Waals surface area contributed by atoms with Crippen LogP contribution in [0.2, 0.25) is 0 Å². The molecule has 0 bridgehead atoms. The molecule has 0 fully saturated rings. The first-order valence-electron chi connectivity index (χ1n) is 5.76. The van der Waals surface area contributed by atoms with Gasteiger partial charge in [-0.15, -0.1) is 0 Å². The Morgan fingerprint density at radius 1 is 0.944 bits per heavy atom. The van der Waals surface area contributed by atoms with Gasteiger partial charge in [0.2, 0.25) is 0 Å². The summed E-state index contributed by atoms with van der Waals surface area (Å²) in [6.45, 7) is 1.88. The van der Waals surface area contributed by atoms with Crippen LogP contribution in [0.15, 0.2) is 54.6 Å². The topological polar surface area (TPSA) is 35.5 Å². The molecule has 90 valence electrons. The summed E-state index contributed by atoms with van der Waals surface area (Å²) in [6.07, 6.45) is -0.667. The Hall–Kier alpha value is -2.29. The summed E-state index contributed by atoms with van der Waals surface area (Å²) in [7, 11) is 0. The summed E-state index contributed by atoms with van der Waals surface area (Å²) < 4.78 is 10.5. The second kappa shape index (κ2) is 3.88. The van der Waals surface area contributed by atoms with E-state index in [-0.39, 0.29) is 0 Å². The van der Waals surface area contributed by atoms with Crippen molar-refractivity contribution in [1.29, 1.82) is 0 Å². The van der Waals surface area contributed by atoms with Crippen molar-refractivity contribution in [1.82, 2.24) is 0 Å². The lowest BCUT2D eigenvalue weighted by atomic mass is 9.87. The molecule has 1 heterocycles. The van der Waals surface area contributed by atoms with E-state index in [1.807, 2.05) is 55.5 Å². The Balaban J connectivity index is 2.21. The highest BCUT2D eigenvalue weighted by Crippen LogP contribution is 2.41. The number of ether oxygens (including phenoxy) is 2. The van der Waals surface area contributed by atoms with Gasteiger partial charge in [0.05, 0.1) is 0 Å². The Morgan fingerprint density at radius 3 is 2.39 bits per heavy atom. The maximum atomic E-state index is 11.6. The van der Waals surface area contributed by atoms with E-state index in [4.69, 9.17) is 9.47 Å². The first-order valence-corrected chi connectivity index (χ1v) is 5.76. The Morgan fingerprint density at radius 2 is 1.61 bits per heavy atom. The number of fused-ring (bicyclic) bond motifs is 1. The fraction of sp³-hybridized carbons (Fsp3) is 0.133. The Kier molecular flexibility index (Phi) is 2.33. The Bertz CT molecular complexity index is 592. The van der Waals surface area contributed by atoms with Gasteiger partial charge in [-0.25, -0.2) is 4.79 Å². The van der Waals surface area contributed by atoms with Crippen LogP contribution in [0.1, 0.15) is 18.1 Å². The van der Waals surface area contributed by atoms with Crippen LogP contribution in [0.25, 0.3) is 0 Å². The molecule has 2 aromatic rings. The van der Waals surface area contributed by atoms with Crippen molar-refractivity contribution in [3.8, 4) is 5.75 Å². The minimum absolute atomic E-state index is 0.556. The molecule has 0 aromatic heterocycles. The third-order valence-corrected chi connectivity index (χ3v) is 3.21. The molecule has 18 heavy (non-hydrogen) atoms. The molecule has 0 amide bonds. The number of rotatable bonds is 1. The SMILES string of the molecule is CC1(c2ccccc2)OC(=O)Oc2ccccc21. The normalized spacial score (nSPS) is 21.7. The number of carbonyl (C=O) groups excluding carboxylic acids is 1. The van der Waals surface area contributed by atoms with Crippen molar-refractivity contribution in [3.05, 3.63) is 65.7 Å². The van der Waals surface area contributed by atoms with Gasteiger partial charge in [-0.05, 0) is 13.0 Å². The van der Waals surface area contributed by atoms with E-state index in [0.717, 1.165) is 11.1 Å². The molecule has 2 aromatic carbocycles. The lowest BCUT2D eigenvalue weighted by Crippen LogP contribution is -2.36. The van der Waals surface area contributed by atoms with Crippen LogP contribution in [-0.2, 0) is 10.3 Å². The van der Waals surface area contributed by atoms with Gasteiger partial charge >= 0.3 is 6.16 Å². The van der Waals surface area contributed by atoms with E-state index < -0.39 is 11.8 Å². The third-order valence-electron chi connectivity index (χ3n) is 3.21. The second-order valence-corrected chi connectivity index (χ2v) is 4.35. The van der Waals surface area contributed by atoms with Crippen LogP contribution in [0.3, 0.4) is 0 Å². The van der Waals surface area contributed by atoms with Crippen molar-refractivity contribution in [2.24, 2.45) is 0 Å². The highest BCUT2D eigenvalue weighted by atomic mass is 16.7.